The molecule has 3 aromatic rings. The molecule has 0 saturated heterocycles. The van der Waals surface area contributed by atoms with E-state index in [1.54, 1.807) is 12.1 Å². The van der Waals surface area contributed by atoms with Crippen LogP contribution in [0.3, 0.4) is 0 Å². The molecule has 0 aliphatic heterocycles. The third-order valence-corrected chi connectivity index (χ3v) is 4.19. The molecule has 0 aliphatic carbocycles. The number of hydrogen-bond acceptors (Lipinski definition) is 3. The third kappa shape index (κ3) is 1.41. The summed E-state index contributed by atoms with van der Waals surface area (Å²) in [5.41, 5.74) is 1.69. The van der Waals surface area contributed by atoms with Gasteiger partial charge in [-0.15, -0.1) is 0 Å². The first kappa shape index (κ1) is 10.7. The van der Waals surface area contributed by atoms with Gasteiger partial charge in [0, 0.05) is 17.5 Å². The molecular weight excluding hydrogens is 256 g/mol. The summed E-state index contributed by atoms with van der Waals surface area (Å²) >= 11 is 7.30. The van der Waals surface area contributed by atoms with Crippen LogP contribution >= 0.6 is 23.1 Å². The second kappa shape index (κ2) is 3.55. The van der Waals surface area contributed by atoms with E-state index in [-0.39, 0.29) is 5.43 Å². The fraction of sp³-hybridized carbons (Fsp3) is 0.167. The van der Waals surface area contributed by atoms with Gasteiger partial charge in [0.1, 0.15) is 4.83 Å². The van der Waals surface area contributed by atoms with Gasteiger partial charge in [-0.05, 0) is 36.7 Å². The van der Waals surface area contributed by atoms with Crippen LogP contribution in [0.15, 0.2) is 23.0 Å². The molecule has 2 heterocycles. The summed E-state index contributed by atoms with van der Waals surface area (Å²) in [6, 6.07) is 5.38. The van der Waals surface area contributed by atoms with Crippen molar-refractivity contribution in [3.63, 3.8) is 0 Å². The van der Waals surface area contributed by atoms with Gasteiger partial charge in [-0.2, -0.15) is 4.37 Å². The van der Waals surface area contributed by atoms with Crippen LogP contribution in [0.25, 0.3) is 21.1 Å². The van der Waals surface area contributed by atoms with Crippen molar-refractivity contribution < 1.29 is 0 Å². The summed E-state index contributed by atoms with van der Waals surface area (Å²) < 4.78 is 6.24. The van der Waals surface area contributed by atoms with Crippen molar-refractivity contribution in [1.82, 2.24) is 8.94 Å². The highest BCUT2D eigenvalue weighted by atomic mass is 35.5. The summed E-state index contributed by atoms with van der Waals surface area (Å²) in [7, 11) is 1.94. The van der Waals surface area contributed by atoms with Gasteiger partial charge in [-0.1, -0.05) is 11.6 Å². The maximum absolute atomic E-state index is 12.4. The van der Waals surface area contributed by atoms with Crippen molar-refractivity contribution in [2.75, 3.05) is 0 Å². The molecule has 0 spiro atoms. The van der Waals surface area contributed by atoms with Crippen molar-refractivity contribution in [3.05, 3.63) is 39.1 Å². The van der Waals surface area contributed by atoms with Crippen LogP contribution in [-0.4, -0.2) is 8.94 Å². The Balaban J connectivity index is 2.70. The Morgan fingerprint density at radius 1 is 1.41 bits per heavy atom. The number of rotatable bonds is 0. The Bertz CT molecular complexity index is 803. The van der Waals surface area contributed by atoms with Crippen LogP contribution in [0.4, 0.5) is 0 Å². The van der Waals surface area contributed by atoms with Crippen molar-refractivity contribution in [2.24, 2.45) is 7.05 Å². The molecular formula is C12H9ClN2OS. The number of aryl methyl sites for hydroxylation is 2. The van der Waals surface area contributed by atoms with Gasteiger partial charge in [-0.25, -0.2) is 0 Å². The Kier molecular flexibility index (Phi) is 2.24. The molecule has 17 heavy (non-hydrogen) atoms. The molecule has 2 aromatic heterocycles. The lowest BCUT2D eigenvalue weighted by Gasteiger charge is -2.06. The SMILES string of the molecule is Cc1nsc2c1c(=O)c1cc(Cl)ccc1n2C. The minimum Gasteiger partial charge on any atom is -0.334 e. The number of aromatic nitrogens is 2. The first-order valence-electron chi connectivity index (χ1n) is 5.14. The predicted octanol–water partition coefficient (Wildman–Crippen LogP) is 3.11. The minimum atomic E-state index is 0.0156. The maximum atomic E-state index is 12.4. The number of hydrogen-bond donors (Lipinski definition) is 0. The molecule has 0 saturated carbocycles. The second-order valence-electron chi connectivity index (χ2n) is 4.00. The molecule has 0 bridgehead atoms. The van der Waals surface area contributed by atoms with Gasteiger partial charge in [0.25, 0.3) is 0 Å². The standard InChI is InChI=1S/C12H9ClN2OS/c1-6-10-11(16)8-5-7(13)3-4-9(8)15(2)12(10)17-14-6/h3-5H,1-2H3. The van der Waals surface area contributed by atoms with Crippen LogP contribution < -0.4 is 5.43 Å². The van der Waals surface area contributed by atoms with E-state index in [1.165, 1.54) is 11.5 Å². The van der Waals surface area contributed by atoms with Gasteiger partial charge < -0.3 is 4.57 Å². The fourth-order valence-corrected chi connectivity index (χ4v) is 3.11. The highest BCUT2D eigenvalue weighted by molar-refractivity contribution is 7.13. The predicted molar refractivity (Wildman–Crippen MR) is 72.1 cm³/mol. The van der Waals surface area contributed by atoms with E-state index in [0.717, 1.165) is 16.0 Å². The van der Waals surface area contributed by atoms with E-state index in [2.05, 4.69) is 4.37 Å². The molecule has 86 valence electrons. The Morgan fingerprint density at radius 2 is 2.18 bits per heavy atom. The summed E-state index contributed by atoms with van der Waals surface area (Å²) in [4.78, 5) is 13.3. The second-order valence-corrected chi connectivity index (χ2v) is 5.19. The summed E-state index contributed by atoms with van der Waals surface area (Å²) in [6.45, 7) is 1.86. The van der Waals surface area contributed by atoms with E-state index >= 15 is 0 Å². The average molecular weight is 265 g/mol. The molecule has 0 fully saturated rings. The summed E-state index contributed by atoms with van der Waals surface area (Å²) in [6.07, 6.45) is 0. The number of pyridine rings is 1. The van der Waals surface area contributed by atoms with Crippen LogP contribution in [0.2, 0.25) is 5.02 Å². The van der Waals surface area contributed by atoms with Crippen molar-refractivity contribution >= 4 is 44.3 Å². The first-order valence-corrected chi connectivity index (χ1v) is 6.29. The molecule has 0 radical (unpaired) electrons. The zero-order valence-corrected chi connectivity index (χ0v) is 10.9. The van der Waals surface area contributed by atoms with Gasteiger partial charge in [0.05, 0.1) is 16.6 Å². The van der Waals surface area contributed by atoms with Crippen molar-refractivity contribution in [3.8, 4) is 0 Å². The van der Waals surface area contributed by atoms with Gasteiger partial charge in [0.2, 0.25) is 0 Å². The third-order valence-electron chi connectivity index (χ3n) is 2.94. The summed E-state index contributed by atoms with van der Waals surface area (Å²) in [5.74, 6) is 0. The number of halogens is 1. The highest BCUT2D eigenvalue weighted by Gasteiger charge is 2.13. The van der Waals surface area contributed by atoms with Gasteiger partial charge in [0.15, 0.2) is 5.43 Å². The Hall–Kier alpha value is -1.39. The lowest BCUT2D eigenvalue weighted by Crippen LogP contribution is -2.08. The molecule has 0 unspecified atom stereocenters. The van der Waals surface area contributed by atoms with Crippen LogP contribution in [0, 0.1) is 6.92 Å². The zero-order chi connectivity index (χ0) is 12.2. The first-order chi connectivity index (χ1) is 8.09. The van der Waals surface area contributed by atoms with Crippen LogP contribution in [0.1, 0.15) is 5.69 Å². The molecule has 0 aliphatic rings. The smallest absolute Gasteiger partial charge is 0.200 e. The molecule has 5 heteroatoms. The molecule has 3 rings (SSSR count). The van der Waals surface area contributed by atoms with E-state index in [4.69, 9.17) is 11.6 Å². The topological polar surface area (TPSA) is 34.9 Å². The molecule has 0 amide bonds. The van der Waals surface area contributed by atoms with Gasteiger partial charge >= 0.3 is 0 Å². The fourth-order valence-electron chi connectivity index (χ4n) is 2.07. The number of nitrogens with zero attached hydrogens (tertiary/aromatic N) is 2. The van der Waals surface area contributed by atoms with Crippen molar-refractivity contribution in [1.29, 1.82) is 0 Å². The molecule has 0 atom stereocenters. The van der Waals surface area contributed by atoms with E-state index in [1.807, 2.05) is 24.6 Å². The van der Waals surface area contributed by atoms with Crippen molar-refractivity contribution in [2.45, 2.75) is 6.92 Å². The van der Waals surface area contributed by atoms with Gasteiger partial charge in [-0.3, -0.25) is 4.79 Å². The van der Waals surface area contributed by atoms with E-state index in [9.17, 15) is 4.79 Å². The highest BCUT2D eigenvalue weighted by Crippen LogP contribution is 2.24. The Labute approximate surface area is 106 Å². The van der Waals surface area contributed by atoms with E-state index in [0.29, 0.717) is 15.8 Å². The lowest BCUT2D eigenvalue weighted by atomic mass is 10.1. The molecule has 1 aromatic carbocycles. The number of fused-ring (bicyclic) bond motifs is 2. The molecule has 3 nitrogen and oxygen atoms in total. The quantitative estimate of drug-likeness (QED) is 0.625. The lowest BCUT2D eigenvalue weighted by molar-refractivity contribution is 1.01. The largest absolute Gasteiger partial charge is 0.334 e. The molecule has 0 N–H and O–H groups in total. The number of benzene rings is 1. The monoisotopic (exact) mass is 264 g/mol. The summed E-state index contributed by atoms with van der Waals surface area (Å²) in [5, 5.41) is 1.93. The zero-order valence-electron chi connectivity index (χ0n) is 9.32. The normalized spacial score (nSPS) is 11.5. The average Bonchev–Trinajstić information content (AvgIpc) is 2.68. The minimum absolute atomic E-state index is 0.0156. The van der Waals surface area contributed by atoms with Crippen LogP contribution in [-0.2, 0) is 7.05 Å². The maximum Gasteiger partial charge on any atom is 0.200 e. The van der Waals surface area contributed by atoms with E-state index < -0.39 is 0 Å². The van der Waals surface area contributed by atoms with Crippen LogP contribution in [0.5, 0.6) is 0 Å². The Morgan fingerprint density at radius 3 is 2.94 bits per heavy atom.